The number of rotatable bonds is 6. The summed E-state index contributed by atoms with van der Waals surface area (Å²) in [6.07, 6.45) is 0.844. The molecule has 34 heavy (non-hydrogen) atoms. The Balaban J connectivity index is 1.56. The fourth-order valence-electron chi connectivity index (χ4n) is 3.85. The molecule has 0 spiro atoms. The number of carbonyl (C=O) groups excluding carboxylic acids is 1. The molecule has 2 N–H and O–H groups in total. The number of hydrogen-bond donors (Lipinski definition) is 2. The first-order valence-corrected chi connectivity index (χ1v) is 11.1. The van der Waals surface area contributed by atoms with Gasteiger partial charge in [0.25, 0.3) is 5.91 Å². The van der Waals surface area contributed by atoms with Gasteiger partial charge in [0, 0.05) is 31.7 Å². The van der Waals surface area contributed by atoms with Crippen molar-refractivity contribution in [3.05, 3.63) is 70.9 Å². The summed E-state index contributed by atoms with van der Waals surface area (Å²) in [5, 5.41) is 20.8. The minimum atomic E-state index is -1.06. The van der Waals surface area contributed by atoms with E-state index >= 15 is 0 Å². The van der Waals surface area contributed by atoms with Gasteiger partial charge in [0.15, 0.2) is 11.0 Å². The van der Waals surface area contributed by atoms with Crippen LogP contribution in [0.5, 0.6) is 5.75 Å². The molecule has 1 aliphatic rings. The van der Waals surface area contributed by atoms with E-state index in [9.17, 15) is 14.7 Å². The largest absolute Gasteiger partial charge is 0.497 e. The maximum atomic E-state index is 12.9. The SMILES string of the molecule is COc1ccc(C(=O)Nc2cc(C(=O)O)ccc2N2CCCN(c3ccc(Cl)nn3)CC2)cc1. The third-order valence-corrected chi connectivity index (χ3v) is 5.82. The second-order valence-corrected chi connectivity index (χ2v) is 8.15. The van der Waals surface area contributed by atoms with Gasteiger partial charge in [-0.3, -0.25) is 4.79 Å². The van der Waals surface area contributed by atoms with Gasteiger partial charge in [-0.15, -0.1) is 10.2 Å². The maximum absolute atomic E-state index is 12.9. The number of methoxy groups -OCH3 is 1. The highest BCUT2D eigenvalue weighted by Crippen LogP contribution is 2.30. The summed E-state index contributed by atoms with van der Waals surface area (Å²) in [7, 11) is 1.56. The van der Waals surface area contributed by atoms with Gasteiger partial charge in [0.2, 0.25) is 0 Å². The van der Waals surface area contributed by atoms with E-state index in [0.29, 0.717) is 35.2 Å². The number of aromatic carboxylic acids is 1. The number of benzene rings is 2. The van der Waals surface area contributed by atoms with Crippen molar-refractivity contribution in [2.45, 2.75) is 6.42 Å². The first kappa shape index (κ1) is 23.3. The molecule has 1 amide bonds. The van der Waals surface area contributed by atoms with Crippen molar-refractivity contribution >= 4 is 40.7 Å². The molecule has 3 aromatic rings. The van der Waals surface area contributed by atoms with Crippen molar-refractivity contribution in [3.63, 3.8) is 0 Å². The van der Waals surface area contributed by atoms with Crippen LogP contribution in [0.1, 0.15) is 27.1 Å². The second-order valence-electron chi connectivity index (χ2n) is 7.76. The molecule has 2 heterocycles. The molecule has 2 aromatic carbocycles. The number of hydrogen-bond acceptors (Lipinski definition) is 7. The highest BCUT2D eigenvalue weighted by molar-refractivity contribution is 6.29. The molecule has 10 heteroatoms. The number of anilines is 3. The van der Waals surface area contributed by atoms with Crippen LogP contribution in [0.3, 0.4) is 0 Å². The molecule has 1 saturated heterocycles. The van der Waals surface area contributed by atoms with E-state index in [0.717, 1.165) is 31.0 Å². The predicted octanol–water partition coefficient (Wildman–Crippen LogP) is 3.81. The standard InChI is InChI=1S/C24H24ClN5O4/c1-34-18-6-3-16(4-7-18)23(31)26-19-15-17(24(32)33)5-8-20(19)29-11-2-12-30(14-13-29)22-10-9-21(25)27-28-22/h3-10,15H,2,11-14H2,1H3,(H,26,31)(H,32,33). The van der Waals surface area contributed by atoms with Crippen LogP contribution >= 0.6 is 11.6 Å². The number of carbonyl (C=O) groups is 2. The number of carboxylic acids is 1. The Labute approximate surface area is 201 Å². The van der Waals surface area contributed by atoms with E-state index in [4.69, 9.17) is 16.3 Å². The van der Waals surface area contributed by atoms with Crippen LogP contribution in [-0.2, 0) is 0 Å². The third-order valence-electron chi connectivity index (χ3n) is 5.62. The Kier molecular flexibility index (Phi) is 7.12. The molecule has 0 unspecified atom stereocenters. The zero-order valence-corrected chi connectivity index (χ0v) is 19.3. The van der Waals surface area contributed by atoms with Crippen LogP contribution in [0.15, 0.2) is 54.6 Å². The third kappa shape index (κ3) is 5.37. The number of amides is 1. The van der Waals surface area contributed by atoms with Crippen molar-refractivity contribution < 1.29 is 19.4 Å². The number of nitrogens with one attached hydrogen (secondary N) is 1. The van der Waals surface area contributed by atoms with Crippen LogP contribution in [0.25, 0.3) is 0 Å². The van der Waals surface area contributed by atoms with Gasteiger partial charge >= 0.3 is 5.97 Å². The van der Waals surface area contributed by atoms with Crippen molar-refractivity contribution in [2.75, 3.05) is 48.4 Å². The van der Waals surface area contributed by atoms with Gasteiger partial charge in [0.05, 0.1) is 24.0 Å². The van der Waals surface area contributed by atoms with E-state index in [1.807, 2.05) is 6.07 Å². The first-order chi connectivity index (χ1) is 16.4. The monoisotopic (exact) mass is 481 g/mol. The van der Waals surface area contributed by atoms with Crippen molar-refractivity contribution in [2.24, 2.45) is 0 Å². The van der Waals surface area contributed by atoms with E-state index < -0.39 is 5.97 Å². The van der Waals surface area contributed by atoms with Crippen LogP contribution in [-0.4, -0.2) is 60.5 Å². The predicted molar refractivity (Wildman–Crippen MR) is 130 cm³/mol. The lowest BCUT2D eigenvalue weighted by Gasteiger charge is -2.26. The Morgan fingerprint density at radius 3 is 2.32 bits per heavy atom. The van der Waals surface area contributed by atoms with E-state index in [1.165, 1.54) is 6.07 Å². The van der Waals surface area contributed by atoms with Crippen LogP contribution in [0.4, 0.5) is 17.2 Å². The fourth-order valence-corrected chi connectivity index (χ4v) is 3.95. The molecule has 1 aliphatic heterocycles. The number of halogens is 1. The van der Waals surface area contributed by atoms with E-state index in [1.54, 1.807) is 49.6 Å². The number of aromatic nitrogens is 2. The van der Waals surface area contributed by atoms with Gasteiger partial charge < -0.3 is 25.0 Å². The van der Waals surface area contributed by atoms with Crippen molar-refractivity contribution in [3.8, 4) is 5.75 Å². The zero-order valence-electron chi connectivity index (χ0n) is 18.6. The molecule has 1 aromatic heterocycles. The van der Waals surface area contributed by atoms with Gasteiger partial charge in [0.1, 0.15) is 5.75 Å². The molecule has 0 bridgehead atoms. The van der Waals surface area contributed by atoms with E-state index in [2.05, 4.69) is 25.3 Å². The smallest absolute Gasteiger partial charge is 0.335 e. The first-order valence-electron chi connectivity index (χ1n) is 10.8. The van der Waals surface area contributed by atoms with Crippen LogP contribution in [0, 0.1) is 0 Å². The highest BCUT2D eigenvalue weighted by atomic mass is 35.5. The molecule has 4 rings (SSSR count). The summed E-state index contributed by atoms with van der Waals surface area (Å²) in [6.45, 7) is 2.86. The second kappa shape index (κ2) is 10.4. The topological polar surface area (TPSA) is 108 Å². The number of ether oxygens (including phenoxy) is 1. The molecule has 9 nitrogen and oxygen atoms in total. The van der Waals surface area contributed by atoms with E-state index in [-0.39, 0.29) is 11.5 Å². The van der Waals surface area contributed by atoms with Gasteiger partial charge in [-0.25, -0.2) is 4.79 Å². The molecule has 1 fully saturated rings. The molecule has 0 aliphatic carbocycles. The van der Waals surface area contributed by atoms with Gasteiger partial charge in [-0.05, 0) is 61.0 Å². The Morgan fingerprint density at radius 1 is 0.941 bits per heavy atom. The molecule has 0 radical (unpaired) electrons. The average Bonchev–Trinajstić information content (AvgIpc) is 3.11. The minimum absolute atomic E-state index is 0.0988. The van der Waals surface area contributed by atoms with Crippen LogP contribution < -0.4 is 19.9 Å². The number of nitrogens with zero attached hydrogens (tertiary/aromatic N) is 4. The lowest BCUT2D eigenvalue weighted by Crippen LogP contribution is -2.32. The summed E-state index contributed by atoms with van der Waals surface area (Å²) in [6, 6.07) is 15.1. The molecular formula is C24H24ClN5O4. The van der Waals surface area contributed by atoms with Crippen molar-refractivity contribution in [1.29, 1.82) is 0 Å². The van der Waals surface area contributed by atoms with Gasteiger partial charge in [-0.2, -0.15) is 0 Å². The summed E-state index contributed by atoms with van der Waals surface area (Å²) >= 11 is 5.86. The molecule has 0 atom stereocenters. The lowest BCUT2D eigenvalue weighted by molar-refractivity contribution is 0.0696. The lowest BCUT2D eigenvalue weighted by atomic mass is 10.1. The Hall–Kier alpha value is -3.85. The summed E-state index contributed by atoms with van der Waals surface area (Å²) in [5.74, 6) is -0.000650. The normalized spacial score (nSPS) is 13.8. The fraction of sp³-hybridized carbons (Fsp3) is 0.250. The maximum Gasteiger partial charge on any atom is 0.335 e. The van der Waals surface area contributed by atoms with Gasteiger partial charge in [-0.1, -0.05) is 11.6 Å². The average molecular weight is 482 g/mol. The Bertz CT molecular complexity index is 1170. The summed E-state index contributed by atoms with van der Waals surface area (Å²) < 4.78 is 5.14. The number of carboxylic acid groups (broad SMARTS) is 1. The van der Waals surface area contributed by atoms with Crippen LogP contribution in [0.2, 0.25) is 5.15 Å². The summed E-state index contributed by atoms with van der Waals surface area (Å²) in [4.78, 5) is 28.8. The molecular weight excluding hydrogens is 458 g/mol. The molecule has 176 valence electrons. The molecule has 0 saturated carbocycles. The summed E-state index contributed by atoms with van der Waals surface area (Å²) in [5.41, 5.74) is 1.74. The quantitative estimate of drug-likeness (QED) is 0.547. The zero-order chi connectivity index (χ0) is 24.1. The van der Waals surface area contributed by atoms with Crippen molar-refractivity contribution in [1.82, 2.24) is 10.2 Å². The highest BCUT2D eigenvalue weighted by Gasteiger charge is 2.21. The minimum Gasteiger partial charge on any atom is -0.497 e. The Morgan fingerprint density at radius 2 is 1.65 bits per heavy atom.